The SMILES string of the molecule is COC(=O)C1=C(C(=O)OC)N(c2ccc(-c3n[nH]c(=O)c4ccccc34)cc2[N+](=O)[O-])COC1. The number of anilines is 1. The van der Waals surface area contributed by atoms with Crippen molar-refractivity contribution in [1.82, 2.24) is 10.2 Å². The van der Waals surface area contributed by atoms with Gasteiger partial charge in [0.15, 0.2) is 0 Å². The normalized spacial score (nSPS) is 13.6. The van der Waals surface area contributed by atoms with Crippen LogP contribution in [-0.4, -0.2) is 54.6 Å². The third-order valence-electron chi connectivity index (χ3n) is 5.27. The molecular formula is C22H18N4O8. The monoisotopic (exact) mass is 466 g/mol. The summed E-state index contributed by atoms with van der Waals surface area (Å²) in [5, 5.41) is 19.4. The molecule has 1 aliphatic heterocycles. The number of aromatic nitrogens is 2. The van der Waals surface area contributed by atoms with Gasteiger partial charge in [0.05, 0.1) is 42.4 Å². The Hall–Kier alpha value is -4.58. The summed E-state index contributed by atoms with van der Waals surface area (Å²) in [6.45, 7) is -0.474. The van der Waals surface area contributed by atoms with Crippen molar-refractivity contribution in [3.05, 3.63) is 74.2 Å². The first kappa shape index (κ1) is 22.6. The summed E-state index contributed by atoms with van der Waals surface area (Å²) in [6.07, 6.45) is 0. The van der Waals surface area contributed by atoms with E-state index in [1.165, 1.54) is 17.0 Å². The molecule has 1 aliphatic rings. The number of carbonyl (C=O) groups excluding carboxylic acids is 2. The Bertz CT molecular complexity index is 1410. The highest BCUT2D eigenvalue weighted by atomic mass is 16.6. The zero-order chi connectivity index (χ0) is 24.4. The highest BCUT2D eigenvalue weighted by molar-refractivity contribution is 6.04. The first-order valence-corrected chi connectivity index (χ1v) is 9.88. The number of carbonyl (C=O) groups is 2. The number of nitrogens with zero attached hydrogens (tertiary/aromatic N) is 3. The van der Waals surface area contributed by atoms with E-state index in [-0.39, 0.29) is 41.5 Å². The summed E-state index contributed by atoms with van der Waals surface area (Å²) in [5.41, 5.74) is -0.443. The average molecular weight is 466 g/mol. The van der Waals surface area contributed by atoms with Crippen molar-refractivity contribution in [1.29, 1.82) is 0 Å². The van der Waals surface area contributed by atoms with E-state index in [9.17, 15) is 24.5 Å². The molecule has 3 aromatic rings. The Kier molecular flexibility index (Phi) is 6.06. The minimum absolute atomic E-state index is 0.0102. The van der Waals surface area contributed by atoms with Gasteiger partial charge in [0.25, 0.3) is 11.2 Å². The van der Waals surface area contributed by atoms with E-state index < -0.39 is 16.9 Å². The second kappa shape index (κ2) is 9.11. The molecule has 0 amide bonds. The summed E-state index contributed by atoms with van der Waals surface area (Å²) in [6, 6.07) is 11.0. The van der Waals surface area contributed by atoms with Crippen molar-refractivity contribution >= 4 is 34.1 Å². The van der Waals surface area contributed by atoms with Crippen LogP contribution in [0.15, 0.2) is 58.5 Å². The summed E-state index contributed by atoms with van der Waals surface area (Å²) in [7, 11) is 2.27. The van der Waals surface area contributed by atoms with Crippen LogP contribution in [0.3, 0.4) is 0 Å². The van der Waals surface area contributed by atoms with Gasteiger partial charge in [-0.05, 0) is 12.1 Å². The number of benzene rings is 2. The van der Waals surface area contributed by atoms with Crippen molar-refractivity contribution in [2.45, 2.75) is 0 Å². The maximum atomic E-state index is 12.5. The van der Waals surface area contributed by atoms with Gasteiger partial charge in [0, 0.05) is 17.0 Å². The Morgan fingerprint density at radius 1 is 1.12 bits per heavy atom. The molecule has 12 heteroatoms. The lowest BCUT2D eigenvalue weighted by molar-refractivity contribution is -0.384. The lowest BCUT2D eigenvalue weighted by Gasteiger charge is -2.31. The summed E-state index contributed by atoms with van der Waals surface area (Å²) >= 11 is 0. The van der Waals surface area contributed by atoms with E-state index in [1.54, 1.807) is 30.3 Å². The fourth-order valence-electron chi connectivity index (χ4n) is 3.71. The van der Waals surface area contributed by atoms with Gasteiger partial charge < -0.3 is 19.1 Å². The molecule has 0 spiro atoms. The Labute approximate surface area is 191 Å². The number of hydrogen-bond acceptors (Lipinski definition) is 10. The number of nitro benzene ring substituents is 1. The molecule has 0 aliphatic carbocycles. The van der Waals surface area contributed by atoms with Crippen LogP contribution in [0.4, 0.5) is 11.4 Å². The predicted molar refractivity (Wildman–Crippen MR) is 119 cm³/mol. The first-order valence-electron chi connectivity index (χ1n) is 9.88. The molecule has 4 rings (SSSR count). The zero-order valence-electron chi connectivity index (χ0n) is 18.1. The van der Waals surface area contributed by atoms with Crippen LogP contribution in [-0.2, 0) is 23.8 Å². The van der Waals surface area contributed by atoms with Gasteiger partial charge in [0.1, 0.15) is 18.1 Å². The molecule has 174 valence electrons. The van der Waals surface area contributed by atoms with Crippen LogP contribution in [0.1, 0.15) is 0 Å². The molecule has 0 bridgehead atoms. The number of methoxy groups -OCH3 is 2. The number of rotatable bonds is 5. The molecule has 12 nitrogen and oxygen atoms in total. The second-order valence-electron chi connectivity index (χ2n) is 7.12. The van der Waals surface area contributed by atoms with Crippen molar-refractivity contribution in [3.63, 3.8) is 0 Å². The molecule has 0 fully saturated rings. The van der Waals surface area contributed by atoms with Crippen LogP contribution in [0.2, 0.25) is 0 Å². The standard InChI is InChI=1S/C22H18N4O8/c1-32-21(28)15-10-34-11-25(19(15)22(29)33-2)16-8-7-12(9-17(16)26(30)31)18-13-5-3-4-6-14(13)20(27)24-23-18/h3-9H,10-11H2,1-2H3,(H,24,27). The molecule has 0 unspecified atom stereocenters. The lowest BCUT2D eigenvalue weighted by atomic mass is 10.0. The fraction of sp³-hybridized carbons (Fsp3) is 0.182. The number of ether oxygens (including phenoxy) is 3. The largest absolute Gasteiger partial charge is 0.466 e. The topological polar surface area (TPSA) is 154 Å². The maximum Gasteiger partial charge on any atom is 0.355 e. The first-order chi connectivity index (χ1) is 16.4. The second-order valence-corrected chi connectivity index (χ2v) is 7.12. The Morgan fingerprint density at radius 2 is 1.82 bits per heavy atom. The molecule has 2 aromatic carbocycles. The third kappa shape index (κ3) is 3.86. The fourth-order valence-corrected chi connectivity index (χ4v) is 3.71. The number of esters is 2. The summed E-state index contributed by atoms with van der Waals surface area (Å²) < 4.78 is 14.9. The molecule has 0 saturated carbocycles. The molecule has 1 aromatic heterocycles. The minimum Gasteiger partial charge on any atom is -0.466 e. The lowest BCUT2D eigenvalue weighted by Crippen LogP contribution is -2.39. The number of hydrogen-bond donors (Lipinski definition) is 1. The van der Waals surface area contributed by atoms with Gasteiger partial charge in [-0.1, -0.05) is 24.3 Å². The van der Waals surface area contributed by atoms with E-state index in [0.29, 0.717) is 22.0 Å². The van der Waals surface area contributed by atoms with E-state index in [0.717, 1.165) is 14.2 Å². The molecule has 1 N–H and O–H groups in total. The zero-order valence-corrected chi connectivity index (χ0v) is 18.1. The highest BCUT2D eigenvalue weighted by Crippen LogP contribution is 2.37. The van der Waals surface area contributed by atoms with E-state index in [4.69, 9.17) is 14.2 Å². The molecule has 34 heavy (non-hydrogen) atoms. The van der Waals surface area contributed by atoms with Gasteiger partial charge in [0.2, 0.25) is 0 Å². The summed E-state index contributed by atoms with van der Waals surface area (Å²) in [4.78, 5) is 49.4. The van der Waals surface area contributed by atoms with Crippen LogP contribution in [0, 0.1) is 10.1 Å². The molecule has 0 saturated heterocycles. The van der Waals surface area contributed by atoms with Crippen LogP contribution in [0.25, 0.3) is 22.0 Å². The van der Waals surface area contributed by atoms with Crippen molar-refractivity contribution in [2.24, 2.45) is 0 Å². The Balaban J connectivity index is 1.91. The number of fused-ring (bicyclic) bond motifs is 1. The van der Waals surface area contributed by atoms with Crippen LogP contribution in [0.5, 0.6) is 0 Å². The van der Waals surface area contributed by atoms with E-state index in [2.05, 4.69) is 10.2 Å². The number of aromatic amines is 1. The van der Waals surface area contributed by atoms with Gasteiger partial charge in [-0.15, -0.1) is 0 Å². The van der Waals surface area contributed by atoms with Gasteiger partial charge in [-0.2, -0.15) is 5.10 Å². The average Bonchev–Trinajstić information content (AvgIpc) is 2.87. The van der Waals surface area contributed by atoms with Crippen molar-refractivity contribution in [2.75, 3.05) is 32.5 Å². The number of nitrogens with one attached hydrogen (secondary N) is 1. The molecule has 0 atom stereocenters. The number of H-pyrrole nitrogens is 1. The van der Waals surface area contributed by atoms with Gasteiger partial charge >= 0.3 is 11.9 Å². The van der Waals surface area contributed by atoms with Gasteiger partial charge in [-0.3, -0.25) is 14.9 Å². The number of nitro groups is 1. The third-order valence-corrected chi connectivity index (χ3v) is 5.27. The van der Waals surface area contributed by atoms with Gasteiger partial charge in [-0.25, -0.2) is 14.7 Å². The van der Waals surface area contributed by atoms with E-state index in [1.807, 2.05) is 0 Å². The maximum absolute atomic E-state index is 12.5. The Morgan fingerprint density at radius 3 is 2.50 bits per heavy atom. The summed E-state index contributed by atoms with van der Waals surface area (Å²) in [5.74, 6) is -1.70. The molecule has 0 radical (unpaired) electrons. The van der Waals surface area contributed by atoms with Crippen LogP contribution >= 0.6 is 0 Å². The molecule has 2 heterocycles. The minimum atomic E-state index is -0.879. The smallest absolute Gasteiger partial charge is 0.355 e. The quantitative estimate of drug-likeness (QED) is 0.335. The molecular weight excluding hydrogens is 448 g/mol. The van der Waals surface area contributed by atoms with Crippen molar-refractivity contribution in [3.8, 4) is 11.3 Å². The van der Waals surface area contributed by atoms with Crippen LogP contribution < -0.4 is 10.5 Å². The van der Waals surface area contributed by atoms with Crippen molar-refractivity contribution < 1.29 is 28.7 Å². The van der Waals surface area contributed by atoms with E-state index >= 15 is 0 Å². The highest BCUT2D eigenvalue weighted by Gasteiger charge is 2.35. The predicted octanol–water partition coefficient (Wildman–Crippen LogP) is 1.89.